The Labute approximate surface area is 155 Å². The first-order chi connectivity index (χ1) is 12.8. The minimum atomic E-state index is 0.525. The van der Waals surface area contributed by atoms with Gasteiger partial charge in [-0.3, -0.25) is 14.6 Å². The van der Waals surface area contributed by atoms with Gasteiger partial charge in [0.25, 0.3) is 0 Å². The molecule has 0 saturated carbocycles. The number of hydrogen-bond donors (Lipinski definition) is 0. The highest BCUT2D eigenvalue weighted by molar-refractivity contribution is 5.81. The lowest BCUT2D eigenvalue weighted by Gasteiger charge is -2.34. The van der Waals surface area contributed by atoms with E-state index in [-0.39, 0.29) is 0 Å². The van der Waals surface area contributed by atoms with Gasteiger partial charge in [-0.25, -0.2) is 0 Å². The second-order valence-electron chi connectivity index (χ2n) is 6.45. The largest absolute Gasteiger partial charge is 0.493 e. The standard InChI is InChI=1S/C21H26N2O3/c1-25-20-9-5-8-19(17-24)21(20)26-15-14-22-10-12-23(13-11-22)16-18-6-3-2-4-7-18/h2-9,17H,10-16H2,1H3. The summed E-state index contributed by atoms with van der Waals surface area (Å²) in [5, 5.41) is 0. The van der Waals surface area contributed by atoms with E-state index in [0.717, 1.165) is 45.6 Å². The predicted octanol–water partition coefficient (Wildman–Crippen LogP) is 2.70. The lowest BCUT2D eigenvalue weighted by molar-refractivity contribution is 0.109. The summed E-state index contributed by atoms with van der Waals surface area (Å²) in [7, 11) is 1.59. The van der Waals surface area contributed by atoms with Crippen LogP contribution in [0.5, 0.6) is 11.5 Å². The quantitative estimate of drug-likeness (QED) is 0.682. The molecule has 1 aliphatic rings. The van der Waals surface area contributed by atoms with Gasteiger partial charge in [-0.05, 0) is 17.7 Å². The van der Waals surface area contributed by atoms with Crippen molar-refractivity contribution in [3.63, 3.8) is 0 Å². The highest BCUT2D eigenvalue weighted by Gasteiger charge is 2.17. The van der Waals surface area contributed by atoms with Crippen LogP contribution in [0.3, 0.4) is 0 Å². The van der Waals surface area contributed by atoms with Crippen molar-refractivity contribution >= 4 is 6.29 Å². The van der Waals surface area contributed by atoms with Crippen molar-refractivity contribution in [2.45, 2.75) is 6.54 Å². The molecular weight excluding hydrogens is 328 g/mol. The van der Waals surface area contributed by atoms with Gasteiger partial charge in [-0.1, -0.05) is 36.4 Å². The lowest BCUT2D eigenvalue weighted by atomic mass is 10.2. The molecule has 2 aromatic rings. The van der Waals surface area contributed by atoms with Crippen molar-refractivity contribution in [2.75, 3.05) is 46.4 Å². The summed E-state index contributed by atoms with van der Waals surface area (Å²) in [6.45, 7) is 6.57. The van der Waals surface area contributed by atoms with Gasteiger partial charge in [0, 0.05) is 39.3 Å². The molecule has 0 radical (unpaired) electrons. The minimum absolute atomic E-state index is 0.525. The second kappa shape index (κ2) is 9.36. The van der Waals surface area contributed by atoms with Crippen LogP contribution in [-0.4, -0.2) is 62.5 Å². The summed E-state index contributed by atoms with van der Waals surface area (Å²) in [4.78, 5) is 16.1. The molecule has 0 atom stereocenters. The van der Waals surface area contributed by atoms with Gasteiger partial charge in [0.05, 0.1) is 12.7 Å². The number of para-hydroxylation sites is 1. The molecule has 0 bridgehead atoms. The van der Waals surface area contributed by atoms with Gasteiger partial charge < -0.3 is 9.47 Å². The molecule has 5 heteroatoms. The molecule has 0 aromatic heterocycles. The molecule has 0 amide bonds. The Morgan fingerprint density at radius 3 is 2.38 bits per heavy atom. The fourth-order valence-corrected chi connectivity index (χ4v) is 3.23. The Bertz CT molecular complexity index is 698. The maximum Gasteiger partial charge on any atom is 0.171 e. The molecule has 1 aliphatic heterocycles. The molecule has 5 nitrogen and oxygen atoms in total. The van der Waals surface area contributed by atoms with Crippen molar-refractivity contribution in [3.05, 3.63) is 59.7 Å². The first-order valence-electron chi connectivity index (χ1n) is 9.04. The van der Waals surface area contributed by atoms with Gasteiger partial charge in [0.2, 0.25) is 0 Å². The number of piperazine rings is 1. The number of aldehydes is 1. The van der Waals surface area contributed by atoms with Gasteiger partial charge in [-0.15, -0.1) is 0 Å². The van der Waals surface area contributed by atoms with Crippen LogP contribution < -0.4 is 9.47 Å². The molecule has 1 saturated heterocycles. The van der Waals surface area contributed by atoms with Crippen LogP contribution in [0.1, 0.15) is 15.9 Å². The predicted molar refractivity (Wildman–Crippen MR) is 102 cm³/mol. The van der Waals surface area contributed by atoms with Gasteiger partial charge >= 0.3 is 0 Å². The van der Waals surface area contributed by atoms with E-state index in [9.17, 15) is 4.79 Å². The van der Waals surface area contributed by atoms with Crippen molar-refractivity contribution in [1.29, 1.82) is 0 Å². The van der Waals surface area contributed by atoms with Gasteiger partial charge in [-0.2, -0.15) is 0 Å². The zero-order valence-corrected chi connectivity index (χ0v) is 15.3. The summed E-state index contributed by atoms with van der Waals surface area (Å²) >= 11 is 0. The zero-order chi connectivity index (χ0) is 18.2. The molecule has 1 heterocycles. The molecule has 3 rings (SSSR count). The number of nitrogens with zero attached hydrogens (tertiary/aromatic N) is 2. The van der Waals surface area contributed by atoms with Crippen LogP contribution in [0.2, 0.25) is 0 Å². The Kier molecular flexibility index (Phi) is 6.63. The molecule has 2 aromatic carbocycles. The van der Waals surface area contributed by atoms with Crippen molar-refractivity contribution in [2.24, 2.45) is 0 Å². The normalized spacial score (nSPS) is 15.6. The van der Waals surface area contributed by atoms with E-state index in [1.807, 2.05) is 6.07 Å². The zero-order valence-electron chi connectivity index (χ0n) is 15.3. The summed E-state index contributed by atoms with van der Waals surface area (Å²) in [6, 6.07) is 15.9. The number of carbonyl (C=O) groups is 1. The first kappa shape index (κ1) is 18.4. The molecule has 0 aliphatic carbocycles. The molecule has 0 unspecified atom stereocenters. The number of carbonyl (C=O) groups excluding carboxylic acids is 1. The van der Waals surface area contributed by atoms with Gasteiger partial charge in [0.1, 0.15) is 6.61 Å². The van der Waals surface area contributed by atoms with E-state index in [1.165, 1.54) is 5.56 Å². The van der Waals surface area contributed by atoms with E-state index >= 15 is 0 Å². The van der Waals surface area contributed by atoms with E-state index in [1.54, 1.807) is 19.2 Å². The van der Waals surface area contributed by atoms with Crippen LogP contribution in [0.15, 0.2) is 48.5 Å². The average molecular weight is 354 g/mol. The highest BCUT2D eigenvalue weighted by atomic mass is 16.5. The molecule has 0 N–H and O–H groups in total. The van der Waals surface area contributed by atoms with Crippen LogP contribution >= 0.6 is 0 Å². The van der Waals surface area contributed by atoms with Gasteiger partial charge in [0.15, 0.2) is 17.8 Å². The average Bonchev–Trinajstić information content (AvgIpc) is 2.70. The van der Waals surface area contributed by atoms with Crippen molar-refractivity contribution < 1.29 is 14.3 Å². The summed E-state index contributed by atoms with van der Waals surface area (Å²) in [5.74, 6) is 1.13. The van der Waals surface area contributed by atoms with Crippen LogP contribution in [0.25, 0.3) is 0 Å². The lowest BCUT2D eigenvalue weighted by Crippen LogP contribution is -2.47. The monoisotopic (exact) mass is 354 g/mol. The second-order valence-corrected chi connectivity index (χ2v) is 6.45. The fraction of sp³-hybridized carbons (Fsp3) is 0.381. The Morgan fingerprint density at radius 1 is 0.962 bits per heavy atom. The number of benzene rings is 2. The third kappa shape index (κ3) is 4.84. The fourth-order valence-electron chi connectivity index (χ4n) is 3.23. The van der Waals surface area contributed by atoms with Crippen molar-refractivity contribution in [3.8, 4) is 11.5 Å². The van der Waals surface area contributed by atoms with Crippen LogP contribution in [-0.2, 0) is 6.54 Å². The van der Waals surface area contributed by atoms with Crippen LogP contribution in [0, 0.1) is 0 Å². The minimum Gasteiger partial charge on any atom is -0.493 e. The number of ether oxygens (including phenoxy) is 2. The molecule has 138 valence electrons. The first-order valence-corrected chi connectivity index (χ1v) is 9.04. The summed E-state index contributed by atoms with van der Waals surface area (Å²) in [5.41, 5.74) is 1.89. The third-order valence-electron chi connectivity index (χ3n) is 4.72. The Morgan fingerprint density at radius 2 is 1.69 bits per heavy atom. The highest BCUT2D eigenvalue weighted by Crippen LogP contribution is 2.29. The van der Waals surface area contributed by atoms with Crippen LogP contribution in [0.4, 0.5) is 0 Å². The number of hydrogen-bond acceptors (Lipinski definition) is 5. The van der Waals surface area contributed by atoms with E-state index in [0.29, 0.717) is 23.7 Å². The SMILES string of the molecule is COc1cccc(C=O)c1OCCN1CCN(Cc2ccccc2)CC1. The summed E-state index contributed by atoms with van der Waals surface area (Å²) in [6.07, 6.45) is 0.806. The molecule has 1 fully saturated rings. The van der Waals surface area contributed by atoms with E-state index < -0.39 is 0 Å². The smallest absolute Gasteiger partial charge is 0.171 e. The Hall–Kier alpha value is -2.37. The maximum atomic E-state index is 11.2. The number of methoxy groups -OCH3 is 1. The molecular formula is C21H26N2O3. The third-order valence-corrected chi connectivity index (χ3v) is 4.72. The Balaban J connectivity index is 1.44. The number of rotatable bonds is 8. The maximum absolute atomic E-state index is 11.2. The molecule has 0 spiro atoms. The van der Waals surface area contributed by atoms with E-state index in [4.69, 9.17) is 9.47 Å². The summed E-state index contributed by atoms with van der Waals surface area (Å²) < 4.78 is 11.2. The van der Waals surface area contributed by atoms with Crippen molar-refractivity contribution in [1.82, 2.24) is 9.80 Å². The van der Waals surface area contributed by atoms with E-state index in [2.05, 4.69) is 40.1 Å². The topological polar surface area (TPSA) is 42.0 Å². The molecule has 26 heavy (non-hydrogen) atoms.